The van der Waals surface area contributed by atoms with E-state index >= 15 is 0 Å². The first-order chi connectivity index (χ1) is 12.7. The van der Waals surface area contributed by atoms with Crippen LogP contribution in [0.2, 0.25) is 10.0 Å². The van der Waals surface area contributed by atoms with Crippen LogP contribution in [0.4, 0.5) is 5.69 Å². The van der Waals surface area contributed by atoms with Gasteiger partial charge in [-0.05, 0) is 36.7 Å². The monoisotopic (exact) mass is 442 g/mol. The number of hydrogen-bond donors (Lipinski definition) is 1. The highest BCUT2D eigenvalue weighted by Gasteiger charge is 2.37. The molecule has 0 saturated carbocycles. The zero-order valence-corrected chi connectivity index (χ0v) is 18.7. The number of nitrogens with zero attached hydrogens (tertiary/aromatic N) is 1. The van der Waals surface area contributed by atoms with Crippen LogP contribution in [0.25, 0.3) is 0 Å². The number of fused-ring (bicyclic) bond motifs is 1. The highest BCUT2D eigenvalue weighted by Crippen LogP contribution is 2.41. The second kappa shape index (κ2) is 9.02. The normalized spacial score (nSPS) is 19.6. The van der Waals surface area contributed by atoms with Crippen molar-refractivity contribution in [3.8, 4) is 0 Å². The Kier molecular flexibility index (Phi) is 7.40. The summed E-state index contributed by atoms with van der Waals surface area (Å²) < 4.78 is 6.22. The summed E-state index contributed by atoms with van der Waals surface area (Å²) in [6.45, 7) is 6.85. The maximum atomic E-state index is 13.2. The summed E-state index contributed by atoms with van der Waals surface area (Å²) >= 11 is 12.8. The molecule has 2 atom stereocenters. The standard InChI is InChI=1S/C21H24Cl2N2O2.ClH/c1-21(2,3)12-25-17-10-9-13(22)11-15(17)18(27-19(24-4)20(25)26)14-7-5-6-8-16(14)23;/h5-11,18-19,24H,12H2,1-4H3;1H. The van der Waals surface area contributed by atoms with Gasteiger partial charge in [0.2, 0.25) is 0 Å². The summed E-state index contributed by atoms with van der Waals surface area (Å²) in [7, 11) is 1.71. The lowest BCUT2D eigenvalue weighted by Crippen LogP contribution is -2.48. The van der Waals surface area contributed by atoms with Crippen molar-refractivity contribution in [3.63, 3.8) is 0 Å². The van der Waals surface area contributed by atoms with Gasteiger partial charge in [0, 0.05) is 27.7 Å². The lowest BCUT2D eigenvalue weighted by Gasteiger charge is -2.31. The van der Waals surface area contributed by atoms with Gasteiger partial charge in [0.05, 0.1) is 5.69 Å². The molecule has 0 aromatic heterocycles. The van der Waals surface area contributed by atoms with Gasteiger partial charge in [-0.1, -0.05) is 62.2 Å². The first kappa shape index (κ1) is 23.0. The molecule has 0 saturated heterocycles. The fourth-order valence-corrected chi connectivity index (χ4v) is 3.68. The highest BCUT2D eigenvalue weighted by molar-refractivity contribution is 6.31. The average Bonchev–Trinajstić information content (AvgIpc) is 2.70. The molecule has 1 N–H and O–H groups in total. The van der Waals surface area contributed by atoms with Crippen LogP contribution in [-0.4, -0.2) is 25.7 Å². The predicted octanol–water partition coefficient (Wildman–Crippen LogP) is 5.46. The number of anilines is 1. The van der Waals surface area contributed by atoms with E-state index in [1.807, 2.05) is 36.4 Å². The number of likely N-dealkylation sites (N-methyl/N-ethyl adjacent to an activating group) is 1. The van der Waals surface area contributed by atoms with E-state index in [4.69, 9.17) is 27.9 Å². The molecular formula is C21H25Cl3N2O2. The van der Waals surface area contributed by atoms with Crippen molar-refractivity contribution in [1.29, 1.82) is 0 Å². The predicted molar refractivity (Wildman–Crippen MR) is 118 cm³/mol. The van der Waals surface area contributed by atoms with Crippen LogP contribution in [0.5, 0.6) is 0 Å². The summed E-state index contributed by atoms with van der Waals surface area (Å²) in [5.74, 6) is -0.134. The van der Waals surface area contributed by atoms with Crippen LogP contribution < -0.4 is 10.2 Å². The van der Waals surface area contributed by atoms with Gasteiger partial charge in [-0.3, -0.25) is 10.1 Å². The van der Waals surface area contributed by atoms with E-state index in [1.54, 1.807) is 18.0 Å². The van der Waals surface area contributed by atoms with Gasteiger partial charge in [0.15, 0.2) is 6.23 Å². The minimum atomic E-state index is -0.792. The molecule has 2 aromatic rings. The van der Waals surface area contributed by atoms with E-state index in [-0.39, 0.29) is 23.7 Å². The van der Waals surface area contributed by atoms with Crippen molar-refractivity contribution in [2.24, 2.45) is 5.41 Å². The topological polar surface area (TPSA) is 41.6 Å². The fourth-order valence-electron chi connectivity index (χ4n) is 3.27. The van der Waals surface area contributed by atoms with Crippen molar-refractivity contribution in [2.75, 3.05) is 18.5 Å². The van der Waals surface area contributed by atoms with Crippen LogP contribution in [-0.2, 0) is 9.53 Å². The third kappa shape index (κ3) is 4.81. The molecule has 28 heavy (non-hydrogen) atoms. The number of amides is 1. The summed E-state index contributed by atoms with van der Waals surface area (Å²) in [6, 6.07) is 13.0. The molecule has 2 unspecified atom stereocenters. The number of halogens is 3. The van der Waals surface area contributed by atoms with Crippen LogP contribution in [0.15, 0.2) is 42.5 Å². The van der Waals surface area contributed by atoms with E-state index in [0.717, 1.165) is 16.8 Å². The van der Waals surface area contributed by atoms with Crippen molar-refractivity contribution in [2.45, 2.75) is 33.1 Å². The van der Waals surface area contributed by atoms with Gasteiger partial charge in [-0.15, -0.1) is 12.4 Å². The zero-order valence-electron chi connectivity index (χ0n) is 16.3. The van der Waals surface area contributed by atoms with Gasteiger partial charge in [0.1, 0.15) is 6.10 Å². The Morgan fingerprint density at radius 3 is 2.39 bits per heavy atom. The van der Waals surface area contributed by atoms with E-state index in [1.165, 1.54) is 0 Å². The maximum Gasteiger partial charge on any atom is 0.271 e. The lowest BCUT2D eigenvalue weighted by atomic mass is 9.94. The van der Waals surface area contributed by atoms with Crippen molar-refractivity contribution >= 4 is 47.2 Å². The van der Waals surface area contributed by atoms with Crippen molar-refractivity contribution < 1.29 is 9.53 Å². The smallest absolute Gasteiger partial charge is 0.271 e. The summed E-state index contributed by atoms with van der Waals surface area (Å²) in [5, 5.41) is 4.16. The fraction of sp³-hybridized carbons (Fsp3) is 0.381. The van der Waals surface area contributed by atoms with E-state index in [0.29, 0.717) is 16.6 Å². The summed E-state index contributed by atoms with van der Waals surface area (Å²) in [6.07, 6.45) is -1.31. The molecule has 0 fully saturated rings. The van der Waals surface area contributed by atoms with Crippen LogP contribution >= 0.6 is 35.6 Å². The van der Waals surface area contributed by atoms with E-state index in [9.17, 15) is 4.79 Å². The van der Waals surface area contributed by atoms with Gasteiger partial charge < -0.3 is 9.64 Å². The second-order valence-corrected chi connectivity index (χ2v) is 8.74. The molecule has 4 nitrogen and oxygen atoms in total. The highest BCUT2D eigenvalue weighted by atomic mass is 35.5. The summed E-state index contributed by atoms with van der Waals surface area (Å²) in [5.41, 5.74) is 2.33. The number of carbonyl (C=O) groups excluding carboxylic acids is 1. The summed E-state index contributed by atoms with van der Waals surface area (Å²) in [4.78, 5) is 15.0. The molecule has 3 rings (SSSR count). The minimum Gasteiger partial charge on any atom is -0.341 e. The van der Waals surface area contributed by atoms with Gasteiger partial charge in [0.25, 0.3) is 5.91 Å². The molecule has 1 aliphatic rings. The number of ether oxygens (including phenoxy) is 1. The second-order valence-electron chi connectivity index (χ2n) is 7.89. The van der Waals surface area contributed by atoms with Crippen LogP contribution in [0, 0.1) is 5.41 Å². The first-order valence-electron chi connectivity index (χ1n) is 8.89. The maximum absolute atomic E-state index is 13.2. The lowest BCUT2D eigenvalue weighted by molar-refractivity contribution is -0.134. The molecular weight excluding hydrogens is 419 g/mol. The van der Waals surface area contributed by atoms with E-state index in [2.05, 4.69) is 26.1 Å². The molecule has 2 aromatic carbocycles. The quantitative estimate of drug-likeness (QED) is 0.685. The Bertz CT molecular complexity index is 852. The Labute approximate surface area is 182 Å². The number of benzene rings is 2. The molecule has 0 aliphatic carbocycles. The van der Waals surface area contributed by atoms with Crippen molar-refractivity contribution in [3.05, 3.63) is 63.6 Å². The van der Waals surface area contributed by atoms with Crippen molar-refractivity contribution in [1.82, 2.24) is 5.32 Å². The molecule has 0 spiro atoms. The Morgan fingerprint density at radius 1 is 1.11 bits per heavy atom. The van der Waals surface area contributed by atoms with Gasteiger partial charge in [-0.25, -0.2) is 0 Å². The van der Waals surface area contributed by atoms with E-state index < -0.39 is 12.3 Å². The third-order valence-corrected chi connectivity index (χ3v) is 4.99. The molecule has 1 amide bonds. The molecule has 7 heteroatoms. The number of rotatable bonds is 3. The molecule has 1 heterocycles. The molecule has 152 valence electrons. The molecule has 0 bridgehead atoms. The Hall–Kier alpha value is -1.30. The number of carbonyl (C=O) groups is 1. The van der Waals surface area contributed by atoms with Gasteiger partial charge in [-0.2, -0.15) is 0 Å². The van der Waals surface area contributed by atoms with Gasteiger partial charge >= 0.3 is 0 Å². The number of hydrogen-bond acceptors (Lipinski definition) is 3. The van der Waals surface area contributed by atoms with Crippen LogP contribution in [0.1, 0.15) is 38.0 Å². The van der Waals surface area contributed by atoms with Crippen LogP contribution in [0.3, 0.4) is 0 Å². The first-order valence-corrected chi connectivity index (χ1v) is 9.65. The molecule has 1 aliphatic heterocycles. The zero-order chi connectivity index (χ0) is 19.8. The largest absolute Gasteiger partial charge is 0.341 e. The Morgan fingerprint density at radius 2 is 1.79 bits per heavy atom. The SMILES string of the molecule is CNC1OC(c2ccccc2Cl)c2cc(Cl)ccc2N(CC(C)(C)C)C1=O.Cl. The average molecular weight is 444 g/mol. The Balaban J connectivity index is 0.00000280. The minimum absolute atomic E-state index is 0. The number of nitrogens with one attached hydrogen (secondary N) is 1. The third-order valence-electron chi connectivity index (χ3n) is 4.41. The molecule has 0 radical (unpaired) electrons.